The van der Waals surface area contributed by atoms with Gasteiger partial charge in [-0.2, -0.15) is 0 Å². The van der Waals surface area contributed by atoms with Crippen molar-refractivity contribution in [3.63, 3.8) is 0 Å². The first-order valence-corrected chi connectivity index (χ1v) is 7.12. The molecule has 1 atom stereocenters. The second-order valence-electron chi connectivity index (χ2n) is 5.79. The zero-order chi connectivity index (χ0) is 13.5. The Morgan fingerprint density at radius 1 is 1.37 bits per heavy atom. The number of hydrogen-bond donors (Lipinski definition) is 2. The van der Waals surface area contributed by atoms with Crippen LogP contribution in [0.3, 0.4) is 0 Å². The average Bonchev–Trinajstić information content (AvgIpc) is 3.08. The first-order valence-electron chi connectivity index (χ1n) is 7.12. The van der Waals surface area contributed by atoms with Crippen molar-refractivity contribution in [3.8, 4) is 0 Å². The van der Waals surface area contributed by atoms with Crippen LogP contribution < -0.4 is 11.1 Å². The lowest BCUT2D eigenvalue weighted by Gasteiger charge is -2.17. The molecule has 1 amide bonds. The van der Waals surface area contributed by atoms with Crippen LogP contribution in [0.5, 0.6) is 0 Å². The Balaban J connectivity index is 1.74. The fourth-order valence-electron chi connectivity index (χ4n) is 2.59. The van der Waals surface area contributed by atoms with Gasteiger partial charge in [-0.3, -0.25) is 4.79 Å². The van der Waals surface area contributed by atoms with Crippen LogP contribution in [0.25, 0.3) is 0 Å². The number of amides is 1. The summed E-state index contributed by atoms with van der Waals surface area (Å²) in [5.41, 5.74) is 5.27. The molecule has 0 saturated heterocycles. The molecule has 0 radical (unpaired) electrons. The third kappa shape index (κ3) is 2.36. The molecule has 1 aromatic heterocycles. The monoisotopic (exact) mass is 263 g/mol. The van der Waals surface area contributed by atoms with Gasteiger partial charge in [0, 0.05) is 13.0 Å². The highest BCUT2D eigenvalue weighted by atomic mass is 16.2. The van der Waals surface area contributed by atoms with Crippen molar-refractivity contribution in [2.24, 2.45) is 5.73 Å². The highest BCUT2D eigenvalue weighted by Crippen LogP contribution is 2.33. The Bertz CT molecular complexity index is 491. The van der Waals surface area contributed by atoms with Crippen LogP contribution in [-0.4, -0.2) is 26.2 Å². The summed E-state index contributed by atoms with van der Waals surface area (Å²) in [5, 5.41) is 11.5. The Morgan fingerprint density at radius 3 is 2.89 bits per heavy atom. The molecule has 1 unspecified atom stereocenters. The van der Waals surface area contributed by atoms with Crippen LogP contribution in [0.1, 0.15) is 56.7 Å². The van der Waals surface area contributed by atoms with Crippen molar-refractivity contribution < 1.29 is 4.79 Å². The summed E-state index contributed by atoms with van der Waals surface area (Å²) in [6.07, 6.45) is 6.10. The van der Waals surface area contributed by atoms with Crippen LogP contribution in [0.4, 0.5) is 0 Å². The van der Waals surface area contributed by atoms with Crippen LogP contribution in [0.2, 0.25) is 0 Å². The fourth-order valence-corrected chi connectivity index (χ4v) is 2.59. The zero-order valence-electron chi connectivity index (χ0n) is 11.4. The van der Waals surface area contributed by atoms with E-state index in [0.29, 0.717) is 0 Å². The average molecular weight is 263 g/mol. The van der Waals surface area contributed by atoms with Gasteiger partial charge in [0.2, 0.25) is 5.91 Å². The summed E-state index contributed by atoms with van der Waals surface area (Å²) >= 11 is 0. The second kappa shape index (κ2) is 4.59. The van der Waals surface area contributed by atoms with Gasteiger partial charge >= 0.3 is 0 Å². The van der Waals surface area contributed by atoms with E-state index in [0.717, 1.165) is 43.9 Å². The maximum atomic E-state index is 12.0. The molecular weight excluding hydrogens is 242 g/mol. The number of carbonyl (C=O) groups is 1. The van der Waals surface area contributed by atoms with E-state index in [-0.39, 0.29) is 11.9 Å². The molecule has 2 aliphatic rings. The minimum atomic E-state index is -0.629. The van der Waals surface area contributed by atoms with Gasteiger partial charge in [0.25, 0.3) is 0 Å². The smallest absolute Gasteiger partial charge is 0.240 e. The Morgan fingerprint density at radius 2 is 2.16 bits per heavy atom. The summed E-state index contributed by atoms with van der Waals surface area (Å²) in [6, 6.07) is -0.132. The molecular formula is C13H21N5O. The van der Waals surface area contributed by atoms with E-state index in [9.17, 15) is 4.79 Å². The highest BCUT2D eigenvalue weighted by Gasteiger charge is 2.46. The highest BCUT2D eigenvalue weighted by molar-refractivity contribution is 5.89. The molecule has 1 aliphatic carbocycles. The molecule has 1 fully saturated rings. The number of hydrogen-bond acceptors (Lipinski definition) is 4. The molecule has 0 aromatic carbocycles. The minimum absolute atomic E-state index is 0.0639. The predicted molar refractivity (Wildman–Crippen MR) is 70.3 cm³/mol. The Hall–Kier alpha value is -1.43. The summed E-state index contributed by atoms with van der Waals surface area (Å²) < 4.78 is 2.16. The van der Waals surface area contributed by atoms with E-state index >= 15 is 0 Å². The summed E-state index contributed by atoms with van der Waals surface area (Å²) in [4.78, 5) is 12.0. The molecule has 6 heteroatoms. The van der Waals surface area contributed by atoms with Gasteiger partial charge in [-0.1, -0.05) is 6.42 Å². The van der Waals surface area contributed by atoms with Crippen molar-refractivity contribution in [3.05, 3.63) is 11.6 Å². The molecule has 1 aromatic rings. The molecule has 104 valence electrons. The first kappa shape index (κ1) is 12.6. The molecule has 2 heterocycles. The maximum absolute atomic E-state index is 12.0. The third-order valence-corrected chi connectivity index (χ3v) is 4.11. The number of aromatic nitrogens is 3. The second-order valence-corrected chi connectivity index (χ2v) is 5.79. The van der Waals surface area contributed by atoms with Crippen LogP contribution >= 0.6 is 0 Å². The third-order valence-electron chi connectivity index (χ3n) is 4.11. The van der Waals surface area contributed by atoms with E-state index in [1.54, 1.807) is 0 Å². The van der Waals surface area contributed by atoms with Gasteiger partial charge in [0.05, 0.1) is 11.6 Å². The minimum Gasteiger partial charge on any atom is -0.345 e. The largest absolute Gasteiger partial charge is 0.345 e. The van der Waals surface area contributed by atoms with Gasteiger partial charge < -0.3 is 15.6 Å². The van der Waals surface area contributed by atoms with Crippen molar-refractivity contribution in [2.75, 3.05) is 0 Å². The van der Waals surface area contributed by atoms with Crippen molar-refractivity contribution in [1.82, 2.24) is 20.1 Å². The SMILES string of the molecule is CC(NC(=O)C1(N)CC1)c1nnc2n1CCCCC2. The molecule has 3 rings (SSSR count). The van der Waals surface area contributed by atoms with Gasteiger partial charge in [0.15, 0.2) is 5.82 Å². The molecule has 19 heavy (non-hydrogen) atoms. The van der Waals surface area contributed by atoms with Crippen LogP contribution in [-0.2, 0) is 17.8 Å². The lowest BCUT2D eigenvalue weighted by atomic mass is 10.2. The lowest BCUT2D eigenvalue weighted by Crippen LogP contribution is -2.44. The van der Waals surface area contributed by atoms with Crippen LogP contribution in [0.15, 0.2) is 0 Å². The number of nitrogens with one attached hydrogen (secondary N) is 1. The number of rotatable bonds is 3. The van der Waals surface area contributed by atoms with Gasteiger partial charge in [-0.25, -0.2) is 0 Å². The number of carbonyl (C=O) groups excluding carboxylic acids is 1. The van der Waals surface area contributed by atoms with Crippen molar-refractivity contribution >= 4 is 5.91 Å². The summed E-state index contributed by atoms with van der Waals surface area (Å²) in [7, 11) is 0. The molecule has 6 nitrogen and oxygen atoms in total. The predicted octanol–water partition coefficient (Wildman–Crippen LogP) is 0.673. The van der Waals surface area contributed by atoms with Gasteiger partial charge in [0.1, 0.15) is 5.82 Å². The van der Waals surface area contributed by atoms with E-state index < -0.39 is 5.54 Å². The fraction of sp³-hybridized carbons (Fsp3) is 0.769. The van der Waals surface area contributed by atoms with E-state index in [1.807, 2.05) is 6.92 Å². The van der Waals surface area contributed by atoms with E-state index in [2.05, 4.69) is 20.1 Å². The molecule has 1 aliphatic heterocycles. The molecule has 3 N–H and O–H groups in total. The number of aryl methyl sites for hydroxylation is 1. The van der Waals surface area contributed by atoms with Crippen LogP contribution in [0, 0.1) is 0 Å². The summed E-state index contributed by atoms with van der Waals surface area (Å²) in [5.74, 6) is 1.84. The van der Waals surface area contributed by atoms with E-state index in [1.165, 1.54) is 12.8 Å². The zero-order valence-corrected chi connectivity index (χ0v) is 11.4. The number of fused-ring (bicyclic) bond motifs is 1. The number of nitrogens with zero attached hydrogens (tertiary/aromatic N) is 3. The van der Waals surface area contributed by atoms with Gasteiger partial charge in [-0.15, -0.1) is 10.2 Å². The molecule has 0 spiro atoms. The molecule has 0 bridgehead atoms. The Labute approximate surface area is 112 Å². The number of nitrogens with two attached hydrogens (primary N) is 1. The quantitative estimate of drug-likeness (QED) is 0.839. The standard InChI is InChI=1S/C13H21N5O/c1-9(15-12(19)13(14)6-7-13)11-17-16-10-5-3-2-4-8-18(10)11/h9H,2-8,14H2,1H3,(H,15,19). The van der Waals surface area contributed by atoms with E-state index in [4.69, 9.17) is 5.73 Å². The lowest BCUT2D eigenvalue weighted by molar-refractivity contribution is -0.124. The van der Waals surface area contributed by atoms with Crippen molar-refractivity contribution in [2.45, 2.75) is 63.6 Å². The van der Waals surface area contributed by atoms with Gasteiger partial charge in [-0.05, 0) is 32.6 Å². The summed E-state index contributed by atoms with van der Waals surface area (Å²) in [6.45, 7) is 2.90. The molecule has 1 saturated carbocycles. The Kier molecular flexibility index (Phi) is 3.05. The maximum Gasteiger partial charge on any atom is 0.240 e. The normalized spacial score (nSPS) is 22.2. The topological polar surface area (TPSA) is 85.8 Å². The first-order chi connectivity index (χ1) is 9.10. The van der Waals surface area contributed by atoms with Crippen molar-refractivity contribution in [1.29, 1.82) is 0 Å².